The van der Waals surface area contributed by atoms with Crippen LogP contribution in [0.1, 0.15) is 18.4 Å². The molecule has 0 unspecified atom stereocenters. The number of carboxylic acids is 1. The van der Waals surface area contributed by atoms with Gasteiger partial charge in [-0.15, -0.1) is 0 Å². The van der Waals surface area contributed by atoms with Gasteiger partial charge in [-0.3, -0.25) is 4.79 Å². The number of aryl methyl sites for hydroxylation is 1. The van der Waals surface area contributed by atoms with Gasteiger partial charge in [-0.05, 0) is 43.5 Å². The molecule has 0 saturated carbocycles. The molecule has 7 nitrogen and oxygen atoms in total. The van der Waals surface area contributed by atoms with Gasteiger partial charge in [0.1, 0.15) is 17.8 Å². The highest BCUT2D eigenvalue weighted by Crippen LogP contribution is 2.34. The van der Waals surface area contributed by atoms with Crippen molar-refractivity contribution in [3.05, 3.63) is 35.1 Å². The number of aliphatic carboxylic acids is 1. The van der Waals surface area contributed by atoms with E-state index in [-0.39, 0.29) is 11.8 Å². The lowest BCUT2D eigenvalue weighted by atomic mass is 9.97. The maximum Gasteiger partial charge on any atom is 0.306 e. The van der Waals surface area contributed by atoms with Gasteiger partial charge < -0.3 is 20.5 Å². The van der Waals surface area contributed by atoms with Crippen molar-refractivity contribution in [1.82, 2.24) is 9.97 Å². The molecule has 1 fully saturated rings. The van der Waals surface area contributed by atoms with E-state index in [0.29, 0.717) is 48.2 Å². The van der Waals surface area contributed by atoms with E-state index in [2.05, 4.69) is 9.97 Å². The van der Waals surface area contributed by atoms with Crippen molar-refractivity contribution in [2.75, 3.05) is 23.7 Å². The van der Waals surface area contributed by atoms with E-state index in [4.69, 9.17) is 27.2 Å². The molecule has 3 N–H and O–H groups in total. The third kappa shape index (κ3) is 3.76. The van der Waals surface area contributed by atoms with Gasteiger partial charge in [0, 0.05) is 18.1 Å². The lowest BCUT2D eigenvalue weighted by molar-refractivity contribution is -0.142. The van der Waals surface area contributed by atoms with Gasteiger partial charge in [0.25, 0.3) is 0 Å². The minimum atomic E-state index is -0.752. The molecule has 2 heterocycles. The molecule has 1 aliphatic heterocycles. The van der Waals surface area contributed by atoms with Crippen LogP contribution in [0.3, 0.4) is 0 Å². The van der Waals surface area contributed by atoms with Crippen molar-refractivity contribution in [2.45, 2.75) is 19.8 Å². The second-order valence-corrected chi connectivity index (χ2v) is 6.44. The fraction of sp³-hybridized carbons (Fsp3) is 0.353. The van der Waals surface area contributed by atoms with E-state index in [1.54, 1.807) is 12.1 Å². The number of piperidine rings is 1. The summed E-state index contributed by atoms with van der Waals surface area (Å²) in [5, 5.41) is 9.76. The highest BCUT2D eigenvalue weighted by Gasteiger charge is 2.27. The Kier molecular flexibility index (Phi) is 4.94. The fourth-order valence-corrected chi connectivity index (χ4v) is 2.95. The van der Waals surface area contributed by atoms with Crippen LogP contribution in [0.2, 0.25) is 5.02 Å². The van der Waals surface area contributed by atoms with Gasteiger partial charge in [0.15, 0.2) is 5.82 Å². The van der Waals surface area contributed by atoms with Crippen molar-refractivity contribution in [1.29, 1.82) is 0 Å². The van der Waals surface area contributed by atoms with E-state index in [0.717, 1.165) is 5.56 Å². The van der Waals surface area contributed by atoms with Crippen molar-refractivity contribution in [2.24, 2.45) is 5.92 Å². The van der Waals surface area contributed by atoms with Crippen LogP contribution in [-0.4, -0.2) is 34.1 Å². The predicted octanol–water partition coefficient (Wildman–Crippen LogP) is 3.11. The lowest BCUT2D eigenvalue weighted by Gasteiger charge is -2.31. The Morgan fingerprint density at radius 2 is 2.08 bits per heavy atom. The molecule has 132 valence electrons. The Bertz CT molecular complexity index is 791. The second-order valence-electron chi connectivity index (χ2n) is 6.03. The standard InChI is InChI=1S/C17H19ClN4O3/c1-10-8-12(2-3-13(10)18)25-16-14(19)15(20-9-21-16)22-6-4-11(5-7-22)17(23)24/h2-3,8-9,11H,4-7,19H2,1H3,(H,23,24). The van der Waals surface area contributed by atoms with Crippen LogP contribution >= 0.6 is 11.6 Å². The summed E-state index contributed by atoms with van der Waals surface area (Å²) < 4.78 is 5.78. The Morgan fingerprint density at radius 1 is 1.36 bits per heavy atom. The third-order valence-corrected chi connectivity index (χ3v) is 4.74. The molecule has 0 bridgehead atoms. The quantitative estimate of drug-likeness (QED) is 0.861. The lowest BCUT2D eigenvalue weighted by Crippen LogP contribution is -2.37. The van der Waals surface area contributed by atoms with Crippen molar-refractivity contribution < 1.29 is 14.6 Å². The molecular formula is C17H19ClN4O3. The summed E-state index contributed by atoms with van der Waals surface area (Å²) in [5.41, 5.74) is 7.42. The highest BCUT2D eigenvalue weighted by molar-refractivity contribution is 6.31. The molecule has 0 radical (unpaired) electrons. The Hall–Kier alpha value is -2.54. The molecule has 0 aliphatic carbocycles. The largest absolute Gasteiger partial charge is 0.481 e. The molecule has 3 rings (SSSR count). The van der Waals surface area contributed by atoms with Crippen LogP contribution in [0, 0.1) is 12.8 Å². The number of benzene rings is 1. The number of carbonyl (C=O) groups is 1. The van der Waals surface area contributed by atoms with Crippen LogP contribution in [0.15, 0.2) is 24.5 Å². The zero-order valence-electron chi connectivity index (χ0n) is 13.8. The molecular weight excluding hydrogens is 344 g/mol. The van der Waals surface area contributed by atoms with Crippen LogP contribution < -0.4 is 15.4 Å². The molecule has 0 atom stereocenters. The number of ether oxygens (including phenoxy) is 1. The highest BCUT2D eigenvalue weighted by atomic mass is 35.5. The maximum atomic E-state index is 11.1. The number of hydrogen-bond acceptors (Lipinski definition) is 6. The molecule has 0 amide bonds. The summed E-state index contributed by atoms with van der Waals surface area (Å²) in [6.45, 7) is 3.05. The minimum Gasteiger partial charge on any atom is -0.481 e. The summed E-state index contributed by atoms with van der Waals surface area (Å²) in [5.74, 6) is 0.360. The van der Waals surface area contributed by atoms with Gasteiger partial charge in [-0.1, -0.05) is 11.6 Å². The third-order valence-electron chi connectivity index (χ3n) is 4.31. The average Bonchev–Trinajstić information content (AvgIpc) is 2.60. The number of nitrogen functional groups attached to an aromatic ring is 1. The van der Waals surface area contributed by atoms with Gasteiger partial charge in [-0.2, -0.15) is 4.98 Å². The number of rotatable bonds is 4. The summed E-state index contributed by atoms with van der Waals surface area (Å²) in [7, 11) is 0. The number of halogens is 1. The molecule has 1 aliphatic rings. The van der Waals surface area contributed by atoms with Crippen molar-refractivity contribution in [3.8, 4) is 11.6 Å². The number of anilines is 2. The smallest absolute Gasteiger partial charge is 0.306 e. The molecule has 1 aromatic heterocycles. The van der Waals surface area contributed by atoms with Gasteiger partial charge in [-0.25, -0.2) is 4.98 Å². The number of aromatic nitrogens is 2. The number of nitrogens with two attached hydrogens (primary N) is 1. The van der Waals surface area contributed by atoms with E-state index in [1.165, 1.54) is 6.33 Å². The van der Waals surface area contributed by atoms with Crippen LogP contribution in [-0.2, 0) is 4.79 Å². The van der Waals surface area contributed by atoms with Gasteiger partial charge in [0.2, 0.25) is 5.88 Å². The van der Waals surface area contributed by atoms with Crippen LogP contribution in [0.4, 0.5) is 11.5 Å². The molecule has 1 aromatic carbocycles. The molecule has 1 saturated heterocycles. The Labute approximate surface area is 150 Å². The van der Waals surface area contributed by atoms with Gasteiger partial charge in [0.05, 0.1) is 5.92 Å². The van der Waals surface area contributed by atoms with Crippen LogP contribution in [0.25, 0.3) is 0 Å². The first-order chi connectivity index (χ1) is 12.0. The number of hydrogen-bond donors (Lipinski definition) is 2. The first kappa shape index (κ1) is 17.3. The minimum absolute atomic E-state index is 0.270. The maximum absolute atomic E-state index is 11.1. The Morgan fingerprint density at radius 3 is 2.72 bits per heavy atom. The monoisotopic (exact) mass is 362 g/mol. The van der Waals surface area contributed by atoms with E-state index in [1.807, 2.05) is 17.9 Å². The average molecular weight is 363 g/mol. The first-order valence-electron chi connectivity index (χ1n) is 7.98. The first-order valence-corrected chi connectivity index (χ1v) is 8.35. The normalized spacial score (nSPS) is 15.2. The van der Waals surface area contributed by atoms with E-state index >= 15 is 0 Å². The summed E-state index contributed by atoms with van der Waals surface area (Å²) >= 11 is 6.02. The van der Waals surface area contributed by atoms with E-state index in [9.17, 15) is 4.79 Å². The topological polar surface area (TPSA) is 102 Å². The zero-order chi connectivity index (χ0) is 18.0. The van der Waals surface area contributed by atoms with Crippen molar-refractivity contribution >= 4 is 29.1 Å². The van der Waals surface area contributed by atoms with Gasteiger partial charge >= 0.3 is 5.97 Å². The predicted molar refractivity (Wildman–Crippen MR) is 95.3 cm³/mol. The molecule has 0 spiro atoms. The SMILES string of the molecule is Cc1cc(Oc2ncnc(N3CCC(C(=O)O)CC3)c2N)ccc1Cl. The molecule has 2 aromatic rings. The summed E-state index contributed by atoms with van der Waals surface area (Å²) in [4.78, 5) is 21.4. The fourth-order valence-electron chi connectivity index (χ4n) is 2.83. The number of nitrogens with zero attached hydrogens (tertiary/aromatic N) is 3. The number of carboxylic acid groups (broad SMARTS) is 1. The molecule has 8 heteroatoms. The van der Waals surface area contributed by atoms with Crippen LogP contribution in [0.5, 0.6) is 11.6 Å². The second kappa shape index (κ2) is 7.14. The molecule has 25 heavy (non-hydrogen) atoms. The van der Waals surface area contributed by atoms with E-state index < -0.39 is 5.97 Å². The summed E-state index contributed by atoms with van der Waals surface area (Å²) in [6, 6.07) is 5.30. The summed E-state index contributed by atoms with van der Waals surface area (Å²) in [6.07, 6.45) is 2.52. The zero-order valence-corrected chi connectivity index (χ0v) is 14.5. The van der Waals surface area contributed by atoms with Crippen molar-refractivity contribution in [3.63, 3.8) is 0 Å². The Balaban J connectivity index is 1.78.